The summed E-state index contributed by atoms with van der Waals surface area (Å²) in [4.78, 5) is 17.1. The summed E-state index contributed by atoms with van der Waals surface area (Å²) in [5.41, 5.74) is 1.04. The van der Waals surface area contributed by atoms with Gasteiger partial charge >= 0.3 is 6.61 Å². The molecule has 1 aliphatic heterocycles. The summed E-state index contributed by atoms with van der Waals surface area (Å²) in [6.07, 6.45) is 0.581. The van der Waals surface area contributed by atoms with Crippen molar-refractivity contribution in [2.24, 2.45) is 0 Å². The van der Waals surface area contributed by atoms with Crippen LogP contribution in [0.3, 0.4) is 0 Å². The lowest BCUT2D eigenvalue weighted by atomic mass is 10.1. The molecule has 1 atom stereocenters. The lowest BCUT2D eigenvalue weighted by Gasteiger charge is -2.38. The Labute approximate surface area is 188 Å². The fourth-order valence-corrected chi connectivity index (χ4v) is 5.93. The van der Waals surface area contributed by atoms with Crippen LogP contribution >= 0.6 is 0 Å². The SMILES string of the molecule is C[C@H](O)Cn1nc(-c2cccc(OC(F)F)c2)c2ncc(C(=O)NC3(C)CS(=O)(=O)C3)cc21. The molecule has 0 unspecified atom stereocenters. The van der Waals surface area contributed by atoms with E-state index >= 15 is 0 Å². The summed E-state index contributed by atoms with van der Waals surface area (Å²) in [5, 5.41) is 17.1. The van der Waals surface area contributed by atoms with Gasteiger partial charge in [0, 0.05) is 11.8 Å². The van der Waals surface area contributed by atoms with Crippen molar-refractivity contribution in [1.82, 2.24) is 20.1 Å². The topological polar surface area (TPSA) is 123 Å². The van der Waals surface area contributed by atoms with Crippen LogP contribution < -0.4 is 10.1 Å². The minimum absolute atomic E-state index is 0.0413. The van der Waals surface area contributed by atoms with Gasteiger partial charge in [0.2, 0.25) is 0 Å². The predicted octanol–water partition coefficient (Wildman–Crippen LogP) is 2.00. The number of aromatic nitrogens is 3. The van der Waals surface area contributed by atoms with Crippen LogP contribution in [0.25, 0.3) is 22.3 Å². The van der Waals surface area contributed by atoms with Crippen LogP contribution in [0.15, 0.2) is 36.5 Å². The summed E-state index contributed by atoms with van der Waals surface area (Å²) in [6.45, 7) is 0.359. The van der Waals surface area contributed by atoms with Crippen LogP contribution in [0.5, 0.6) is 5.75 Å². The van der Waals surface area contributed by atoms with E-state index in [2.05, 4.69) is 20.1 Å². The molecular weight excluding hydrogens is 458 g/mol. The molecule has 176 valence electrons. The molecule has 3 aromatic rings. The number of benzene rings is 1. The van der Waals surface area contributed by atoms with Crippen molar-refractivity contribution >= 4 is 26.8 Å². The summed E-state index contributed by atoms with van der Waals surface area (Å²) in [6, 6.07) is 7.55. The first-order valence-electron chi connectivity index (χ1n) is 10.1. The van der Waals surface area contributed by atoms with Gasteiger partial charge in [-0.15, -0.1) is 0 Å². The second kappa shape index (κ2) is 8.34. The van der Waals surface area contributed by atoms with Gasteiger partial charge in [-0.05, 0) is 32.0 Å². The first-order valence-corrected chi connectivity index (χ1v) is 11.9. The van der Waals surface area contributed by atoms with Gasteiger partial charge in [-0.2, -0.15) is 13.9 Å². The van der Waals surface area contributed by atoms with Crippen molar-refractivity contribution in [1.29, 1.82) is 0 Å². The molecule has 3 heterocycles. The fourth-order valence-electron chi connectivity index (χ4n) is 3.93. The number of carbonyl (C=O) groups excluding carboxylic acids is 1. The molecule has 1 aromatic carbocycles. The number of alkyl halides is 2. The molecule has 1 fully saturated rings. The highest BCUT2D eigenvalue weighted by molar-refractivity contribution is 7.93. The average Bonchev–Trinajstić information content (AvgIpc) is 3.03. The first kappa shape index (κ1) is 23.1. The Hall–Kier alpha value is -3.12. The monoisotopic (exact) mass is 480 g/mol. The Kier molecular flexibility index (Phi) is 5.83. The van der Waals surface area contributed by atoms with E-state index in [1.807, 2.05) is 0 Å². The maximum atomic E-state index is 12.8. The molecule has 1 amide bonds. The molecule has 33 heavy (non-hydrogen) atoms. The van der Waals surface area contributed by atoms with Crippen LogP contribution in [-0.2, 0) is 16.4 Å². The van der Waals surface area contributed by atoms with Crippen molar-refractivity contribution in [2.45, 2.75) is 38.6 Å². The van der Waals surface area contributed by atoms with E-state index < -0.39 is 34.0 Å². The summed E-state index contributed by atoms with van der Waals surface area (Å²) in [5.74, 6) is -0.800. The highest BCUT2D eigenvalue weighted by atomic mass is 32.2. The number of ether oxygens (including phenoxy) is 1. The molecule has 2 aromatic heterocycles. The zero-order valence-electron chi connectivity index (χ0n) is 17.8. The molecule has 0 saturated carbocycles. The Bertz CT molecular complexity index is 1310. The number of rotatable bonds is 7. The maximum Gasteiger partial charge on any atom is 0.387 e. The van der Waals surface area contributed by atoms with Gasteiger partial charge < -0.3 is 15.2 Å². The van der Waals surface area contributed by atoms with E-state index in [1.165, 1.54) is 23.0 Å². The number of aliphatic hydroxyl groups is 1. The predicted molar refractivity (Wildman–Crippen MR) is 116 cm³/mol. The second-order valence-corrected chi connectivity index (χ2v) is 10.5. The lowest BCUT2D eigenvalue weighted by Crippen LogP contribution is -2.63. The normalized spacial score (nSPS) is 17.5. The number of pyridine rings is 1. The van der Waals surface area contributed by atoms with E-state index in [1.54, 1.807) is 32.0 Å². The Morgan fingerprint density at radius 2 is 2.06 bits per heavy atom. The number of nitrogens with zero attached hydrogens (tertiary/aromatic N) is 3. The minimum Gasteiger partial charge on any atom is -0.435 e. The number of aliphatic hydroxyl groups excluding tert-OH is 1. The third-order valence-electron chi connectivity index (χ3n) is 5.11. The molecule has 0 spiro atoms. The van der Waals surface area contributed by atoms with Crippen LogP contribution in [0, 0.1) is 0 Å². The van der Waals surface area contributed by atoms with E-state index in [0.29, 0.717) is 22.3 Å². The van der Waals surface area contributed by atoms with E-state index in [-0.39, 0.29) is 29.4 Å². The maximum absolute atomic E-state index is 12.8. The summed E-state index contributed by atoms with van der Waals surface area (Å²) in [7, 11) is -3.14. The van der Waals surface area contributed by atoms with Gasteiger partial charge in [-0.3, -0.25) is 14.5 Å². The number of hydrogen-bond acceptors (Lipinski definition) is 7. The summed E-state index contributed by atoms with van der Waals surface area (Å²) < 4.78 is 54.2. The fraction of sp³-hybridized carbons (Fsp3) is 0.381. The highest BCUT2D eigenvalue weighted by Gasteiger charge is 2.45. The number of sulfone groups is 1. The molecule has 1 saturated heterocycles. The Balaban J connectivity index is 1.71. The van der Waals surface area contributed by atoms with Gasteiger partial charge in [-0.1, -0.05) is 12.1 Å². The number of fused-ring (bicyclic) bond motifs is 1. The molecule has 0 aliphatic carbocycles. The van der Waals surface area contributed by atoms with Gasteiger partial charge in [0.25, 0.3) is 5.91 Å². The van der Waals surface area contributed by atoms with Crippen LogP contribution in [-0.4, -0.2) is 64.0 Å². The second-order valence-electron chi connectivity index (χ2n) is 8.42. The van der Waals surface area contributed by atoms with E-state index in [4.69, 9.17) is 0 Å². The Morgan fingerprint density at radius 3 is 2.70 bits per heavy atom. The molecule has 9 nitrogen and oxygen atoms in total. The van der Waals surface area contributed by atoms with Gasteiger partial charge in [0.1, 0.15) is 17.0 Å². The van der Waals surface area contributed by atoms with Crippen molar-refractivity contribution in [2.75, 3.05) is 11.5 Å². The molecule has 0 radical (unpaired) electrons. The first-order chi connectivity index (χ1) is 15.4. The largest absolute Gasteiger partial charge is 0.435 e. The van der Waals surface area contributed by atoms with Gasteiger partial charge in [0.15, 0.2) is 9.84 Å². The number of carbonyl (C=O) groups is 1. The van der Waals surface area contributed by atoms with Crippen molar-refractivity contribution in [3.8, 4) is 17.0 Å². The molecule has 1 aliphatic rings. The molecule has 4 rings (SSSR count). The third-order valence-corrected chi connectivity index (χ3v) is 7.27. The summed E-state index contributed by atoms with van der Waals surface area (Å²) >= 11 is 0. The number of halogens is 2. The van der Waals surface area contributed by atoms with Crippen LogP contribution in [0.1, 0.15) is 24.2 Å². The van der Waals surface area contributed by atoms with E-state index in [9.17, 15) is 27.1 Å². The lowest BCUT2D eigenvalue weighted by molar-refractivity contribution is -0.0498. The smallest absolute Gasteiger partial charge is 0.387 e. The number of amides is 1. The molecule has 0 bridgehead atoms. The quantitative estimate of drug-likeness (QED) is 0.530. The van der Waals surface area contributed by atoms with Crippen LogP contribution in [0.4, 0.5) is 8.78 Å². The number of hydrogen-bond donors (Lipinski definition) is 2. The van der Waals surface area contributed by atoms with Crippen LogP contribution in [0.2, 0.25) is 0 Å². The number of nitrogens with one attached hydrogen (secondary N) is 1. The third kappa shape index (κ3) is 4.96. The van der Waals surface area contributed by atoms with Gasteiger partial charge in [0.05, 0.1) is 40.8 Å². The highest BCUT2D eigenvalue weighted by Crippen LogP contribution is 2.30. The van der Waals surface area contributed by atoms with Crippen molar-refractivity contribution < 1.29 is 31.8 Å². The molecule has 12 heteroatoms. The standard InChI is InChI=1S/C21H22F2N4O5S/c1-12(28)9-27-16-7-14(19(29)25-21(2)10-33(30,31)11-21)8-24-18(16)17(26-27)13-4-3-5-15(6-13)32-20(22)23/h3-8,12,20,28H,9-11H2,1-2H3,(H,25,29)/t12-/m0/s1. The minimum atomic E-state index is -3.14. The Morgan fingerprint density at radius 1 is 1.33 bits per heavy atom. The molecule has 2 N–H and O–H groups in total. The molecular formula is C21H22F2N4O5S. The zero-order valence-corrected chi connectivity index (χ0v) is 18.6. The van der Waals surface area contributed by atoms with Crippen molar-refractivity contribution in [3.05, 3.63) is 42.1 Å². The zero-order chi connectivity index (χ0) is 24.0. The van der Waals surface area contributed by atoms with Gasteiger partial charge in [-0.25, -0.2) is 8.42 Å². The van der Waals surface area contributed by atoms with Crippen molar-refractivity contribution in [3.63, 3.8) is 0 Å². The average molecular weight is 480 g/mol. The van der Waals surface area contributed by atoms with E-state index in [0.717, 1.165) is 0 Å².